The number of fused-ring (bicyclic) bond motifs is 1. The van der Waals surface area contributed by atoms with E-state index in [1.54, 1.807) is 47.4 Å². The second-order valence-electron chi connectivity index (χ2n) is 7.11. The molecule has 0 unspecified atom stereocenters. The molecule has 1 N–H and O–H groups in total. The van der Waals surface area contributed by atoms with E-state index in [1.165, 1.54) is 0 Å². The van der Waals surface area contributed by atoms with Crippen LogP contribution in [0.4, 0.5) is 11.4 Å². The fraction of sp³-hybridized carbons (Fsp3) is 0.167. The number of anilines is 2. The predicted octanol–water partition coefficient (Wildman–Crippen LogP) is 4.71. The van der Waals surface area contributed by atoms with E-state index in [0.29, 0.717) is 40.9 Å². The van der Waals surface area contributed by atoms with Crippen molar-refractivity contribution < 1.29 is 19.1 Å². The summed E-state index contributed by atoms with van der Waals surface area (Å²) in [5, 5.41) is 3.19. The van der Waals surface area contributed by atoms with Gasteiger partial charge in [0.2, 0.25) is 0 Å². The molecule has 0 aromatic heterocycles. The van der Waals surface area contributed by atoms with E-state index in [1.807, 2.05) is 31.2 Å². The smallest absolute Gasteiger partial charge is 0.265 e. The molecule has 0 saturated carbocycles. The van der Waals surface area contributed by atoms with Crippen molar-refractivity contribution >= 4 is 34.8 Å². The molecule has 3 aromatic rings. The molecule has 7 heteroatoms. The topological polar surface area (TPSA) is 67.9 Å². The molecule has 2 amide bonds. The average molecular weight is 437 g/mol. The highest BCUT2D eigenvalue weighted by Crippen LogP contribution is 2.34. The molecule has 0 spiro atoms. The molecule has 0 bridgehead atoms. The second-order valence-corrected chi connectivity index (χ2v) is 7.52. The highest BCUT2D eigenvalue weighted by atomic mass is 35.5. The number of carbonyl (C=O) groups excluding carboxylic acids is 2. The van der Waals surface area contributed by atoms with E-state index in [0.717, 1.165) is 11.3 Å². The summed E-state index contributed by atoms with van der Waals surface area (Å²) in [5.41, 5.74) is 2.64. The summed E-state index contributed by atoms with van der Waals surface area (Å²) in [6.45, 7) is 2.65. The summed E-state index contributed by atoms with van der Waals surface area (Å²) in [5.74, 6) is 0.815. The van der Waals surface area contributed by atoms with Gasteiger partial charge < -0.3 is 19.7 Å². The van der Waals surface area contributed by atoms with Gasteiger partial charge in [-0.1, -0.05) is 41.4 Å². The quantitative estimate of drug-likeness (QED) is 0.608. The van der Waals surface area contributed by atoms with Gasteiger partial charge in [0, 0.05) is 5.69 Å². The van der Waals surface area contributed by atoms with Crippen LogP contribution in [0.2, 0.25) is 5.02 Å². The third kappa shape index (κ3) is 4.81. The largest absolute Gasteiger partial charge is 0.492 e. The molecular formula is C24H21ClN2O4. The number of hydrogen-bond acceptors (Lipinski definition) is 4. The van der Waals surface area contributed by atoms with Gasteiger partial charge in [0.25, 0.3) is 11.8 Å². The zero-order valence-electron chi connectivity index (χ0n) is 16.9. The minimum absolute atomic E-state index is 0.0388. The number of amides is 2. The van der Waals surface area contributed by atoms with Crippen LogP contribution in [0.3, 0.4) is 0 Å². The standard InChI is InChI=1S/C24H21ClN2O4/c1-16-6-9-18(10-7-16)30-13-12-27-21-14-17(8-11-22(21)31-15-23(27)28)26-24(29)19-4-2-3-5-20(19)25/h2-11,14H,12-13,15H2,1H3,(H,26,29). The van der Waals surface area contributed by atoms with Crippen molar-refractivity contribution in [1.82, 2.24) is 0 Å². The first-order chi connectivity index (χ1) is 15.0. The monoisotopic (exact) mass is 436 g/mol. The lowest BCUT2D eigenvalue weighted by Crippen LogP contribution is -2.41. The molecule has 4 rings (SSSR count). The maximum Gasteiger partial charge on any atom is 0.265 e. The highest BCUT2D eigenvalue weighted by molar-refractivity contribution is 6.34. The fourth-order valence-corrected chi connectivity index (χ4v) is 3.48. The number of carbonyl (C=O) groups is 2. The normalized spacial score (nSPS) is 12.7. The Morgan fingerprint density at radius 3 is 2.68 bits per heavy atom. The van der Waals surface area contributed by atoms with Crippen LogP contribution in [-0.4, -0.2) is 31.6 Å². The Hall–Kier alpha value is -3.51. The Kier molecular flexibility index (Phi) is 6.09. The molecule has 0 fully saturated rings. The first kappa shape index (κ1) is 20.8. The van der Waals surface area contributed by atoms with Gasteiger partial charge in [-0.15, -0.1) is 0 Å². The maximum atomic E-state index is 12.6. The maximum absolute atomic E-state index is 12.6. The Morgan fingerprint density at radius 2 is 1.90 bits per heavy atom. The van der Waals surface area contributed by atoms with Gasteiger partial charge in [-0.2, -0.15) is 0 Å². The van der Waals surface area contributed by atoms with Crippen molar-refractivity contribution in [2.45, 2.75) is 6.92 Å². The van der Waals surface area contributed by atoms with Crippen molar-refractivity contribution in [3.05, 3.63) is 82.9 Å². The zero-order chi connectivity index (χ0) is 21.8. The Labute approximate surface area is 185 Å². The number of nitrogens with one attached hydrogen (secondary N) is 1. The van der Waals surface area contributed by atoms with E-state index in [-0.39, 0.29) is 18.4 Å². The van der Waals surface area contributed by atoms with Crippen LogP contribution < -0.4 is 19.7 Å². The van der Waals surface area contributed by atoms with Gasteiger partial charge in [-0.3, -0.25) is 9.59 Å². The van der Waals surface area contributed by atoms with E-state index in [4.69, 9.17) is 21.1 Å². The van der Waals surface area contributed by atoms with Crippen LogP contribution in [0.15, 0.2) is 66.7 Å². The lowest BCUT2D eigenvalue weighted by atomic mass is 10.1. The SMILES string of the molecule is Cc1ccc(OCCN2C(=O)COc3ccc(NC(=O)c4ccccc4Cl)cc32)cc1. The molecular weight excluding hydrogens is 416 g/mol. The lowest BCUT2D eigenvalue weighted by Gasteiger charge is -2.29. The predicted molar refractivity (Wildman–Crippen MR) is 120 cm³/mol. The van der Waals surface area contributed by atoms with E-state index >= 15 is 0 Å². The molecule has 158 valence electrons. The first-order valence-electron chi connectivity index (χ1n) is 9.84. The van der Waals surface area contributed by atoms with Crippen molar-refractivity contribution in [2.75, 3.05) is 30.0 Å². The molecule has 0 saturated heterocycles. The Morgan fingerprint density at radius 1 is 1.13 bits per heavy atom. The summed E-state index contributed by atoms with van der Waals surface area (Å²) >= 11 is 6.11. The fourth-order valence-electron chi connectivity index (χ4n) is 3.26. The van der Waals surface area contributed by atoms with Crippen molar-refractivity contribution in [3.8, 4) is 11.5 Å². The molecule has 1 aliphatic rings. The number of aryl methyl sites for hydroxylation is 1. The minimum atomic E-state index is -0.331. The summed E-state index contributed by atoms with van der Waals surface area (Å²) in [4.78, 5) is 26.7. The number of halogens is 1. The van der Waals surface area contributed by atoms with Gasteiger partial charge in [0.15, 0.2) is 6.61 Å². The molecule has 6 nitrogen and oxygen atoms in total. The van der Waals surface area contributed by atoms with Gasteiger partial charge in [0.1, 0.15) is 18.1 Å². The Balaban J connectivity index is 1.48. The first-order valence-corrected chi connectivity index (χ1v) is 10.2. The zero-order valence-corrected chi connectivity index (χ0v) is 17.7. The number of nitrogens with zero attached hydrogens (tertiary/aromatic N) is 1. The number of rotatable bonds is 6. The number of benzene rings is 3. The van der Waals surface area contributed by atoms with E-state index in [9.17, 15) is 9.59 Å². The van der Waals surface area contributed by atoms with Crippen LogP contribution in [0.25, 0.3) is 0 Å². The molecule has 3 aromatic carbocycles. The highest BCUT2D eigenvalue weighted by Gasteiger charge is 2.26. The van der Waals surface area contributed by atoms with Crippen molar-refractivity contribution in [3.63, 3.8) is 0 Å². The van der Waals surface area contributed by atoms with Crippen LogP contribution >= 0.6 is 11.6 Å². The molecule has 31 heavy (non-hydrogen) atoms. The van der Waals surface area contributed by atoms with Crippen LogP contribution in [-0.2, 0) is 4.79 Å². The minimum Gasteiger partial charge on any atom is -0.492 e. The third-order valence-corrected chi connectivity index (χ3v) is 5.21. The molecule has 0 radical (unpaired) electrons. The molecule has 1 aliphatic heterocycles. The van der Waals surface area contributed by atoms with Gasteiger partial charge >= 0.3 is 0 Å². The van der Waals surface area contributed by atoms with Crippen LogP contribution in [0.1, 0.15) is 15.9 Å². The van der Waals surface area contributed by atoms with Gasteiger partial charge in [0.05, 0.1) is 22.8 Å². The molecule has 0 atom stereocenters. The van der Waals surface area contributed by atoms with Crippen molar-refractivity contribution in [1.29, 1.82) is 0 Å². The second kappa shape index (κ2) is 9.10. The summed E-state index contributed by atoms with van der Waals surface area (Å²) in [7, 11) is 0. The number of ether oxygens (including phenoxy) is 2. The third-order valence-electron chi connectivity index (χ3n) is 4.88. The van der Waals surface area contributed by atoms with Gasteiger partial charge in [-0.25, -0.2) is 0 Å². The lowest BCUT2D eigenvalue weighted by molar-refractivity contribution is -0.121. The van der Waals surface area contributed by atoms with Crippen LogP contribution in [0, 0.1) is 6.92 Å². The van der Waals surface area contributed by atoms with Crippen molar-refractivity contribution in [2.24, 2.45) is 0 Å². The summed E-state index contributed by atoms with van der Waals surface area (Å²) in [6, 6.07) is 19.7. The molecule has 1 heterocycles. The van der Waals surface area contributed by atoms with E-state index < -0.39 is 0 Å². The van der Waals surface area contributed by atoms with Gasteiger partial charge in [-0.05, 0) is 49.4 Å². The average Bonchev–Trinajstić information content (AvgIpc) is 2.77. The van der Waals surface area contributed by atoms with E-state index in [2.05, 4.69) is 5.32 Å². The Bertz CT molecular complexity index is 1110. The number of hydrogen-bond donors (Lipinski definition) is 1. The summed E-state index contributed by atoms with van der Waals surface area (Å²) < 4.78 is 11.3. The van der Waals surface area contributed by atoms with Crippen LogP contribution in [0.5, 0.6) is 11.5 Å². The summed E-state index contributed by atoms with van der Waals surface area (Å²) in [6.07, 6.45) is 0. The molecule has 0 aliphatic carbocycles.